The molecule has 4 nitrogen and oxygen atoms in total. The van der Waals surface area contributed by atoms with Gasteiger partial charge in [0.15, 0.2) is 0 Å². The van der Waals surface area contributed by atoms with Crippen LogP contribution in [-0.4, -0.2) is 27.0 Å². The molecule has 0 bridgehead atoms. The van der Waals surface area contributed by atoms with Crippen LogP contribution in [0.25, 0.3) is 17.2 Å². The highest BCUT2D eigenvalue weighted by molar-refractivity contribution is 8.03. The summed E-state index contributed by atoms with van der Waals surface area (Å²) in [7, 11) is 2.05. The van der Waals surface area contributed by atoms with E-state index in [1.807, 2.05) is 49.5 Å². The van der Waals surface area contributed by atoms with E-state index < -0.39 is 0 Å². The molecule has 1 aromatic carbocycles. The van der Waals surface area contributed by atoms with E-state index in [2.05, 4.69) is 20.6 Å². The molecule has 0 radical (unpaired) electrons. The third-order valence-corrected chi connectivity index (χ3v) is 5.31. The second kappa shape index (κ2) is 7.08. The maximum absolute atomic E-state index is 10.0. The summed E-state index contributed by atoms with van der Waals surface area (Å²) in [5, 5.41) is 12.0. The van der Waals surface area contributed by atoms with Gasteiger partial charge in [0.2, 0.25) is 0 Å². The molecule has 128 valence electrons. The van der Waals surface area contributed by atoms with E-state index in [1.54, 1.807) is 36.4 Å². The van der Waals surface area contributed by atoms with Crippen LogP contribution < -0.4 is 0 Å². The largest absolute Gasteiger partial charge is 0.507 e. The number of rotatable bonds is 4. The predicted octanol–water partition coefficient (Wildman–Crippen LogP) is 4.54. The molecule has 4 rings (SSSR count). The molecule has 0 atom stereocenters. The normalized spacial score (nSPS) is 12.4. The Balaban J connectivity index is 1.60. The number of phenolic OH excluding ortho intramolecular Hbond substituents is 1. The van der Waals surface area contributed by atoms with Crippen LogP contribution in [0.15, 0.2) is 76.8 Å². The number of phenols is 1. The van der Waals surface area contributed by atoms with Crippen molar-refractivity contribution in [3.63, 3.8) is 0 Å². The summed E-state index contributed by atoms with van der Waals surface area (Å²) in [5.41, 5.74) is 7.24. The molecule has 0 saturated carbocycles. The fourth-order valence-electron chi connectivity index (χ4n) is 2.81. The Bertz CT molecular complexity index is 1010. The third kappa shape index (κ3) is 3.36. The van der Waals surface area contributed by atoms with Crippen LogP contribution in [-0.2, 0) is 6.54 Å². The van der Waals surface area contributed by atoms with Crippen LogP contribution in [0.2, 0.25) is 0 Å². The fourth-order valence-corrected chi connectivity index (χ4v) is 3.67. The number of para-hydroxylation sites is 1. The zero-order valence-corrected chi connectivity index (χ0v) is 15.1. The van der Waals surface area contributed by atoms with Crippen LogP contribution in [0.4, 0.5) is 0 Å². The van der Waals surface area contributed by atoms with Gasteiger partial charge in [-0.3, -0.25) is 4.98 Å². The molecule has 26 heavy (non-hydrogen) atoms. The molecular formula is C21H17N3OS. The smallest absolute Gasteiger partial charge is 0.123 e. The van der Waals surface area contributed by atoms with E-state index in [1.165, 1.54) is 5.56 Å². The molecule has 3 aromatic rings. The van der Waals surface area contributed by atoms with Gasteiger partial charge >= 0.3 is 0 Å². The molecule has 1 aliphatic heterocycles. The number of pyridine rings is 2. The van der Waals surface area contributed by atoms with E-state index >= 15 is 0 Å². The molecule has 1 aliphatic rings. The number of nitrogens with zero attached hydrogens (tertiary/aromatic N) is 3. The summed E-state index contributed by atoms with van der Waals surface area (Å²) in [6.45, 7) is 0.789. The zero-order chi connectivity index (χ0) is 17.9. The van der Waals surface area contributed by atoms with Gasteiger partial charge in [-0.05, 0) is 47.7 Å². The van der Waals surface area contributed by atoms with Crippen LogP contribution in [0.3, 0.4) is 0 Å². The van der Waals surface area contributed by atoms with Crippen molar-refractivity contribution in [2.45, 2.75) is 11.6 Å². The first-order chi connectivity index (χ1) is 12.7. The van der Waals surface area contributed by atoms with E-state index in [4.69, 9.17) is 0 Å². The van der Waals surface area contributed by atoms with Gasteiger partial charge in [0.05, 0.1) is 0 Å². The van der Waals surface area contributed by atoms with Crippen molar-refractivity contribution in [1.29, 1.82) is 0 Å². The average Bonchev–Trinajstić information content (AvgIpc) is 2.68. The molecule has 0 amide bonds. The lowest BCUT2D eigenvalue weighted by Gasteiger charge is -2.22. The molecule has 0 unspecified atom stereocenters. The monoisotopic (exact) mass is 359 g/mol. The number of hydrogen-bond donors (Lipinski definition) is 1. The Morgan fingerprint density at radius 1 is 1.15 bits per heavy atom. The van der Waals surface area contributed by atoms with Crippen molar-refractivity contribution < 1.29 is 5.11 Å². The maximum Gasteiger partial charge on any atom is 0.123 e. The minimum atomic E-state index is 0.259. The lowest BCUT2D eigenvalue weighted by Crippen LogP contribution is -2.15. The van der Waals surface area contributed by atoms with Crippen molar-refractivity contribution in [2.24, 2.45) is 0 Å². The lowest BCUT2D eigenvalue weighted by atomic mass is 10.0. The first kappa shape index (κ1) is 16.5. The number of aromatic hydroxyl groups is 1. The van der Waals surface area contributed by atoms with Gasteiger partial charge in [0.1, 0.15) is 15.8 Å². The SMILES string of the molecule is CN(Cc1ccncc1)C1=C=Cc2cc(-c3ccccc3O)cnc2S1. The minimum Gasteiger partial charge on any atom is -0.507 e. The second-order valence-corrected chi connectivity index (χ2v) is 7.02. The first-order valence-electron chi connectivity index (χ1n) is 8.24. The van der Waals surface area contributed by atoms with Crippen LogP contribution in [0.1, 0.15) is 11.1 Å². The second-order valence-electron chi connectivity index (χ2n) is 6.04. The summed E-state index contributed by atoms with van der Waals surface area (Å²) in [4.78, 5) is 10.8. The molecular weight excluding hydrogens is 342 g/mol. The molecule has 0 spiro atoms. The Labute approximate surface area is 156 Å². The van der Waals surface area contributed by atoms with Crippen molar-refractivity contribution in [3.05, 3.63) is 82.9 Å². The quantitative estimate of drug-likeness (QED) is 0.693. The van der Waals surface area contributed by atoms with Crippen molar-refractivity contribution in [1.82, 2.24) is 14.9 Å². The minimum absolute atomic E-state index is 0.259. The van der Waals surface area contributed by atoms with E-state index in [-0.39, 0.29) is 5.75 Å². The Morgan fingerprint density at radius 3 is 2.77 bits per heavy atom. The summed E-state index contributed by atoms with van der Waals surface area (Å²) >= 11 is 1.60. The van der Waals surface area contributed by atoms with Gasteiger partial charge in [0.25, 0.3) is 0 Å². The van der Waals surface area contributed by atoms with Gasteiger partial charge in [-0.2, -0.15) is 0 Å². The predicted molar refractivity (Wildman–Crippen MR) is 104 cm³/mol. The highest BCUT2D eigenvalue weighted by Gasteiger charge is 2.16. The standard InChI is InChI=1S/C21H17N3OS/c1-24(14-15-8-10-22-11-9-15)20-7-6-16-12-17(13-23-21(16)26-20)18-4-2-3-5-19(18)25/h2-6,8-13,25H,14H2,1H3. The van der Waals surface area contributed by atoms with E-state index in [0.717, 1.165) is 33.3 Å². The average molecular weight is 359 g/mol. The van der Waals surface area contributed by atoms with Crippen LogP contribution >= 0.6 is 11.8 Å². The number of aromatic nitrogens is 2. The summed E-state index contributed by atoms with van der Waals surface area (Å²) in [6, 6.07) is 13.4. The summed E-state index contributed by atoms with van der Waals surface area (Å²) in [5.74, 6) is 0.259. The third-order valence-electron chi connectivity index (χ3n) is 4.15. The first-order valence-corrected chi connectivity index (χ1v) is 9.05. The highest BCUT2D eigenvalue weighted by atomic mass is 32.2. The van der Waals surface area contributed by atoms with Crippen molar-refractivity contribution >= 4 is 17.8 Å². The van der Waals surface area contributed by atoms with Crippen molar-refractivity contribution in [3.8, 4) is 16.9 Å². The van der Waals surface area contributed by atoms with E-state index in [0.29, 0.717) is 0 Å². The Morgan fingerprint density at radius 2 is 1.96 bits per heavy atom. The maximum atomic E-state index is 10.0. The Hall–Kier alpha value is -3.01. The number of hydrogen-bond acceptors (Lipinski definition) is 5. The molecule has 5 heteroatoms. The molecule has 2 aromatic heterocycles. The number of benzene rings is 1. The highest BCUT2D eigenvalue weighted by Crippen LogP contribution is 2.37. The van der Waals surface area contributed by atoms with Gasteiger partial charge in [-0.15, -0.1) is 0 Å². The summed E-state index contributed by atoms with van der Waals surface area (Å²) in [6.07, 6.45) is 7.37. The lowest BCUT2D eigenvalue weighted by molar-refractivity contribution is 0.440. The molecule has 0 fully saturated rings. The van der Waals surface area contributed by atoms with Crippen LogP contribution in [0, 0.1) is 0 Å². The van der Waals surface area contributed by atoms with Gasteiger partial charge in [-0.1, -0.05) is 23.9 Å². The summed E-state index contributed by atoms with van der Waals surface area (Å²) < 4.78 is 0. The molecule has 0 saturated heterocycles. The van der Waals surface area contributed by atoms with Gasteiger partial charge in [-0.25, -0.2) is 4.98 Å². The molecule has 1 N–H and O–H groups in total. The van der Waals surface area contributed by atoms with Gasteiger partial charge < -0.3 is 10.0 Å². The van der Waals surface area contributed by atoms with Crippen molar-refractivity contribution in [2.75, 3.05) is 7.05 Å². The molecule has 0 aliphatic carbocycles. The van der Waals surface area contributed by atoms with Crippen LogP contribution in [0.5, 0.6) is 5.75 Å². The molecule has 3 heterocycles. The Kier molecular flexibility index (Phi) is 4.48. The number of fused-ring (bicyclic) bond motifs is 1. The number of thioether (sulfide) groups is 1. The zero-order valence-electron chi connectivity index (χ0n) is 14.3. The topological polar surface area (TPSA) is 49.2 Å². The van der Waals surface area contributed by atoms with E-state index in [9.17, 15) is 5.11 Å². The van der Waals surface area contributed by atoms with Gasteiger partial charge in [0, 0.05) is 48.9 Å². The fraction of sp³-hybridized carbons (Fsp3) is 0.0952.